The number of aromatic nitrogens is 3. The fourth-order valence-corrected chi connectivity index (χ4v) is 1.45. The van der Waals surface area contributed by atoms with Crippen LogP contribution in [-0.4, -0.2) is 19.5 Å². The summed E-state index contributed by atoms with van der Waals surface area (Å²) in [5.74, 6) is 5.66. The zero-order chi connectivity index (χ0) is 13.8. The van der Waals surface area contributed by atoms with E-state index in [0.717, 1.165) is 17.0 Å². The van der Waals surface area contributed by atoms with Crippen molar-refractivity contribution in [1.82, 2.24) is 14.5 Å². The summed E-state index contributed by atoms with van der Waals surface area (Å²) in [7, 11) is 0. The molecule has 0 fully saturated rings. The van der Waals surface area contributed by atoms with Gasteiger partial charge in [0.2, 0.25) is 0 Å². The highest BCUT2D eigenvalue weighted by Gasteiger charge is 2.09. The van der Waals surface area contributed by atoms with Crippen LogP contribution in [0.25, 0.3) is 0 Å². The standard InChI is InChI=1S/C10H10N6O3/c11-14-9-2-1-7(3-12-9)5-15-6-8(16(18)19)4-13-10(15)17/h1-4,6H,5,11H2,(H,12,14). The predicted molar refractivity (Wildman–Crippen MR) is 66.3 cm³/mol. The summed E-state index contributed by atoms with van der Waals surface area (Å²) < 4.78 is 1.14. The van der Waals surface area contributed by atoms with E-state index >= 15 is 0 Å². The molecular weight excluding hydrogens is 252 g/mol. The smallest absolute Gasteiger partial charge is 0.308 e. The maximum Gasteiger partial charge on any atom is 0.348 e. The molecule has 2 heterocycles. The first-order chi connectivity index (χ1) is 9.10. The van der Waals surface area contributed by atoms with Crippen molar-refractivity contribution in [1.29, 1.82) is 0 Å². The Morgan fingerprint density at radius 1 is 1.37 bits per heavy atom. The topological polar surface area (TPSA) is 129 Å². The third kappa shape index (κ3) is 2.90. The molecule has 0 aliphatic heterocycles. The largest absolute Gasteiger partial charge is 0.348 e. The van der Waals surface area contributed by atoms with E-state index in [4.69, 9.17) is 5.84 Å². The zero-order valence-electron chi connectivity index (χ0n) is 9.68. The van der Waals surface area contributed by atoms with Crippen LogP contribution in [0.4, 0.5) is 11.5 Å². The minimum absolute atomic E-state index is 0.144. The fourth-order valence-electron chi connectivity index (χ4n) is 1.45. The third-order valence-corrected chi connectivity index (χ3v) is 2.38. The number of rotatable bonds is 4. The van der Waals surface area contributed by atoms with Crippen LogP contribution in [0.15, 0.2) is 35.5 Å². The van der Waals surface area contributed by atoms with E-state index < -0.39 is 10.6 Å². The Bertz CT molecular complexity index is 651. The van der Waals surface area contributed by atoms with Crippen molar-refractivity contribution < 1.29 is 4.92 Å². The minimum Gasteiger partial charge on any atom is -0.308 e. The van der Waals surface area contributed by atoms with E-state index in [9.17, 15) is 14.9 Å². The van der Waals surface area contributed by atoms with Crippen LogP contribution in [-0.2, 0) is 6.54 Å². The molecule has 3 N–H and O–H groups in total. The van der Waals surface area contributed by atoms with Gasteiger partial charge in [-0.3, -0.25) is 14.7 Å². The second-order valence-electron chi connectivity index (χ2n) is 3.68. The number of anilines is 1. The van der Waals surface area contributed by atoms with Gasteiger partial charge in [-0.05, 0) is 11.6 Å². The van der Waals surface area contributed by atoms with E-state index in [-0.39, 0.29) is 12.2 Å². The number of hydrogen-bond acceptors (Lipinski definition) is 7. The van der Waals surface area contributed by atoms with Crippen molar-refractivity contribution in [3.8, 4) is 0 Å². The molecule has 19 heavy (non-hydrogen) atoms. The van der Waals surface area contributed by atoms with Gasteiger partial charge in [0.05, 0.1) is 17.7 Å². The molecule has 0 saturated carbocycles. The maximum absolute atomic E-state index is 11.5. The van der Waals surface area contributed by atoms with Gasteiger partial charge in [0.25, 0.3) is 0 Å². The van der Waals surface area contributed by atoms with Crippen LogP contribution in [0.2, 0.25) is 0 Å². The summed E-state index contributed by atoms with van der Waals surface area (Å²) in [4.78, 5) is 28.9. The highest BCUT2D eigenvalue weighted by molar-refractivity contribution is 5.33. The Balaban J connectivity index is 2.29. The minimum atomic E-state index is -0.609. The molecule has 9 heteroatoms. The second-order valence-corrected chi connectivity index (χ2v) is 3.68. The molecule has 98 valence electrons. The SMILES string of the molecule is NNc1ccc(Cn2cc([N+](=O)[O-])cnc2=O)cn1. The number of nitrogens with two attached hydrogens (primary N) is 1. The van der Waals surface area contributed by atoms with Crippen LogP contribution in [0.5, 0.6) is 0 Å². The van der Waals surface area contributed by atoms with E-state index in [1.54, 1.807) is 12.1 Å². The molecule has 0 spiro atoms. The van der Waals surface area contributed by atoms with Gasteiger partial charge >= 0.3 is 11.4 Å². The summed E-state index contributed by atoms with van der Waals surface area (Å²) in [6, 6.07) is 3.33. The van der Waals surface area contributed by atoms with Gasteiger partial charge in [-0.1, -0.05) is 6.07 Å². The molecule has 2 aromatic heterocycles. The molecule has 2 rings (SSSR count). The van der Waals surface area contributed by atoms with Crippen molar-refractivity contribution in [3.63, 3.8) is 0 Å². The van der Waals surface area contributed by atoms with E-state index in [2.05, 4.69) is 15.4 Å². The van der Waals surface area contributed by atoms with E-state index in [0.29, 0.717) is 11.4 Å². The van der Waals surface area contributed by atoms with Gasteiger partial charge in [-0.15, -0.1) is 0 Å². The van der Waals surface area contributed by atoms with Crippen LogP contribution in [0.1, 0.15) is 5.56 Å². The van der Waals surface area contributed by atoms with Gasteiger partial charge < -0.3 is 5.43 Å². The van der Waals surface area contributed by atoms with Crippen molar-refractivity contribution in [3.05, 3.63) is 56.9 Å². The van der Waals surface area contributed by atoms with Crippen LogP contribution in [0, 0.1) is 10.1 Å². The first-order valence-corrected chi connectivity index (χ1v) is 5.22. The highest BCUT2D eigenvalue weighted by atomic mass is 16.6. The fraction of sp³-hybridized carbons (Fsp3) is 0.100. The van der Waals surface area contributed by atoms with Crippen molar-refractivity contribution in [2.24, 2.45) is 5.84 Å². The molecule has 0 aliphatic rings. The number of nitrogens with zero attached hydrogens (tertiary/aromatic N) is 4. The summed E-state index contributed by atoms with van der Waals surface area (Å²) in [5, 5.41) is 10.6. The zero-order valence-corrected chi connectivity index (χ0v) is 9.68. The maximum atomic E-state index is 11.5. The first kappa shape index (κ1) is 12.6. The van der Waals surface area contributed by atoms with Gasteiger partial charge in [-0.2, -0.15) is 4.98 Å². The molecule has 0 unspecified atom stereocenters. The average molecular weight is 262 g/mol. The Labute approximate surface area is 106 Å². The van der Waals surface area contributed by atoms with Gasteiger partial charge in [0, 0.05) is 6.20 Å². The molecular formula is C10H10N6O3. The molecule has 0 saturated heterocycles. The monoisotopic (exact) mass is 262 g/mol. The Morgan fingerprint density at radius 2 is 2.16 bits per heavy atom. The third-order valence-electron chi connectivity index (χ3n) is 2.38. The van der Waals surface area contributed by atoms with Crippen LogP contribution >= 0.6 is 0 Å². The lowest BCUT2D eigenvalue weighted by Crippen LogP contribution is -2.23. The number of nitro groups is 1. The number of hydrazine groups is 1. The average Bonchev–Trinajstić information content (AvgIpc) is 2.42. The van der Waals surface area contributed by atoms with E-state index in [1.807, 2.05) is 0 Å². The summed E-state index contributed by atoms with van der Waals surface area (Å²) in [6.45, 7) is 0.144. The summed E-state index contributed by atoms with van der Waals surface area (Å²) in [5.41, 5.74) is 2.26. The van der Waals surface area contributed by atoms with Gasteiger partial charge in [0.15, 0.2) is 0 Å². The molecule has 0 amide bonds. The van der Waals surface area contributed by atoms with Crippen molar-refractivity contribution >= 4 is 11.5 Å². The van der Waals surface area contributed by atoms with Crippen molar-refractivity contribution in [2.45, 2.75) is 6.54 Å². The second kappa shape index (κ2) is 5.23. The van der Waals surface area contributed by atoms with Crippen LogP contribution in [0.3, 0.4) is 0 Å². The lowest BCUT2D eigenvalue weighted by molar-refractivity contribution is -0.385. The van der Waals surface area contributed by atoms with Crippen molar-refractivity contribution in [2.75, 3.05) is 5.43 Å². The van der Waals surface area contributed by atoms with Gasteiger partial charge in [-0.25, -0.2) is 15.6 Å². The summed E-state index contributed by atoms with van der Waals surface area (Å²) in [6.07, 6.45) is 3.59. The van der Waals surface area contributed by atoms with E-state index in [1.165, 1.54) is 6.20 Å². The van der Waals surface area contributed by atoms with Crippen LogP contribution < -0.4 is 17.0 Å². The molecule has 0 atom stereocenters. The first-order valence-electron chi connectivity index (χ1n) is 5.22. The van der Waals surface area contributed by atoms with Gasteiger partial charge in [0.1, 0.15) is 12.0 Å². The lowest BCUT2D eigenvalue weighted by Gasteiger charge is -2.05. The predicted octanol–water partition coefficient (Wildman–Crippen LogP) is -0.120. The quantitative estimate of drug-likeness (QED) is 0.446. The Morgan fingerprint density at radius 3 is 2.74 bits per heavy atom. The normalized spacial score (nSPS) is 10.2. The number of nitrogens with one attached hydrogen (secondary N) is 1. The number of pyridine rings is 1. The molecule has 0 radical (unpaired) electrons. The lowest BCUT2D eigenvalue weighted by atomic mass is 10.3. The summed E-state index contributed by atoms with van der Waals surface area (Å²) >= 11 is 0. The molecule has 0 bridgehead atoms. The molecule has 9 nitrogen and oxygen atoms in total. The molecule has 0 aliphatic carbocycles. The number of hydrogen-bond donors (Lipinski definition) is 2. The molecule has 0 aromatic carbocycles. The number of nitrogen functional groups attached to an aromatic ring is 1. The molecule has 2 aromatic rings. The Kier molecular flexibility index (Phi) is 3.48. The Hall–Kier alpha value is -2.81. The highest BCUT2D eigenvalue weighted by Crippen LogP contribution is 2.08.